The number of piperidine rings is 1. The van der Waals surface area contributed by atoms with E-state index in [0.717, 1.165) is 25.3 Å². The minimum absolute atomic E-state index is 0.629. The van der Waals surface area contributed by atoms with Crippen molar-refractivity contribution < 1.29 is 4.74 Å². The van der Waals surface area contributed by atoms with Gasteiger partial charge in [-0.2, -0.15) is 0 Å². The second-order valence-electron chi connectivity index (χ2n) is 5.56. The zero-order chi connectivity index (χ0) is 13.2. The van der Waals surface area contributed by atoms with Gasteiger partial charge in [-0.25, -0.2) is 0 Å². The highest BCUT2D eigenvalue weighted by molar-refractivity contribution is 5.45. The van der Waals surface area contributed by atoms with Gasteiger partial charge in [0.2, 0.25) is 0 Å². The smallest absolute Gasteiger partial charge is 0.122 e. The fourth-order valence-corrected chi connectivity index (χ4v) is 3.87. The van der Waals surface area contributed by atoms with Gasteiger partial charge in [-0.05, 0) is 55.3 Å². The Morgan fingerprint density at radius 1 is 1.42 bits per heavy atom. The van der Waals surface area contributed by atoms with Crippen LogP contribution in [-0.4, -0.2) is 31.1 Å². The van der Waals surface area contributed by atoms with E-state index in [0.29, 0.717) is 12.0 Å². The summed E-state index contributed by atoms with van der Waals surface area (Å²) in [6, 6.07) is 7.12. The minimum Gasteiger partial charge on any atom is -0.496 e. The van der Waals surface area contributed by atoms with Crippen LogP contribution in [-0.2, 0) is 6.42 Å². The summed E-state index contributed by atoms with van der Waals surface area (Å²) < 4.78 is 5.52. The van der Waals surface area contributed by atoms with Crippen LogP contribution < -0.4 is 4.74 Å². The number of hydrogen-bond acceptors (Lipinski definition) is 2. The van der Waals surface area contributed by atoms with E-state index in [1.54, 1.807) is 7.11 Å². The summed E-state index contributed by atoms with van der Waals surface area (Å²) in [4.78, 5) is 2.50. The Morgan fingerprint density at radius 2 is 2.32 bits per heavy atom. The molecule has 0 spiro atoms. The molecule has 2 atom stereocenters. The molecule has 0 radical (unpaired) electrons. The Morgan fingerprint density at radius 3 is 3.11 bits per heavy atom. The summed E-state index contributed by atoms with van der Waals surface area (Å²) in [7, 11) is 1.77. The van der Waals surface area contributed by atoms with Gasteiger partial charge < -0.3 is 4.74 Å². The largest absolute Gasteiger partial charge is 0.496 e. The van der Waals surface area contributed by atoms with Crippen LogP contribution in [0.5, 0.6) is 5.75 Å². The predicted octanol–water partition coefficient (Wildman–Crippen LogP) is 2.82. The zero-order valence-electron chi connectivity index (χ0n) is 11.6. The number of ether oxygens (including phenoxy) is 1. The topological polar surface area (TPSA) is 12.5 Å². The molecule has 1 aromatic rings. The fourth-order valence-electron chi connectivity index (χ4n) is 3.87. The van der Waals surface area contributed by atoms with Crippen molar-refractivity contribution in [1.82, 2.24) is 4.90 Å². The molecule has 0 N–H and O–H groups in total. The maximum Gasteiger partial charge on any atom is 0.122 e. The zero-order valence-corrected chi connectivity index (χ0v) is 11.6. The molecule has 1 heterocycles. The number of terminal acetylenes is 1. The quantitative estimate of drug-likeness (QED) is 0.753. The van der Waals surface area contributed by atoms with E-state index in [-0.39, 0.29) is 0 Å². The highest BCUT2D eigenvalue weighted by Gasteiger charge is 2.36. The van der Waals surface area contributed by atoms with Gasteiger partial charge in [-0.15, -0.1) is 6.42 Å². The van der Waals surface area contributed by atoms with Gasteiger partial charge in [-0.1, -0.05) is 18.1 Å². The number of likely N-dealkylation sites (tertiary alicyclic amines) is 1. The SMILES string of the molecule is C#CCN1CCC[C@@H]2c3cccc(OC)c3CC[C@H]21. The molecule has 1 fully saturated rings. The van der Waals surface area contributed by atoms with Gasteiger partial charge in [0.15, 0.2) is 0 Å². The summed E-state index contributed by atoms with van der Waals surface area (Å²) in [5.74, 6) is 4.52. The number of methoxy groups -OCH3 is 1. The molecule has 2 aliphatic rings. The third-order valence-corrected chi connectivity index (χ3v) is 4.67. The lowest BCUT2D eigenvalue weighted by Gasteiger charge is -2.44. The van der Waals surface area contributed by atoms with Gasteiger partial charge in [0.05, 0.1) is 13.7 Å². The summed E-state index contributed by atoms with van der Waals surface area (Å²) in [5, 5.41) is 0. The molecule has 3 rings (SSSR count). The van der Waals surface area contributed by atoms with Crippen LogP contribution in [0.2, 0.25) is 0 Å². The number of benzene rings is 1. The highest BCUT2D eigenvalue weighted by Crippen LogP contribution is 2.43. The van der Waals surface area contributed by atoms with Crippen molar-refractivity contribution >= 4 is 0 Å². The van der Waals surface area contributed by atoms with Crippen LogP contribution in [0.4, 0.5) is 0 Å². The van der Waals surface area contributed by atoms with Crippen LogP contribution in [0.1, 0.15) is 36.3 Å². The molecule has 1 saturated heterocycles. The van der Waals surface area contributed by atoms with Crippen molar-refractivity contribution in [2.24, 2.45) is 0 Å². The molecule has 1 aromatic carbocycles. The monoisotopic (exact) mass is 255 g/mol. The number of rotatable bonds is 2. The number of hydrogen-bond donors (Lipinski definition) is 0. The lowest BCUT2D eigenvalue weighted by molar-refractivity contribution is 0.128. The van der Waals surface area contributed by atoms with Gasteiger partial charge in [0.25, 0.3) is 0 Å². The molecule has 0 unspecified atom stereocenters. The first-order chi connectivity index (χ1) is 9.35. The first kappa shape index (κ1) is 12.6. The summed E-state index contributed by atoms with van der Waals surface area (Å²) in [6.07, 6.45) is 10.4. The third-order valence-electron chi connectivity index (χ3n) is 4.67. The Kier molecular flexibility index (Phi) is 3.48. The van der Waals surface area contributed by atoms with Crippen molar-refractivity contribution in [3.8, 4) is 18.1 Å². The van der Waals surface area contributed by atoms with Crippen LogP contribution in [0.15, 0.2) is 18.2 Å². The molecule has 2 heteroatoms. The van der Waals surface area contributed by atoms with E-state index in [2.05, 4.69) is 29.0 Å². The molecule has 2 nitrogen and oxygen atoms in total. The molecule has 0 bridgehead atoms. The van der Waals surface area contributed by atoms with Gasteiger partial charge in [0.1, 0.15) is 5.75 Å². The van der Waals surface area contributed by atoms with E-state index in [1.807, 2.05) is 0 Å². The molecular formula is C17H21NO. The van der Waals surface area contributed by atoms with Gasteiger partial charge in [-0.3, -0.25) is 4.90 Å². The molecule has 0 amide bonds. The number of nitrogens with zero attached hydrogens (tertiary/aromatic N) is 1. The van der Waals surface area contributed by atoms with Gasteiger partial charge >= 0.3 is 0 Å². The first-order valence-corrected chi connectivity index (χ1v) is 7.18. The highest BCUT2D eigenvalue weighted by atomic mass is 16.5. The fraction of sp³-hybridized carbons (Fsp3) is 0.529. The number of fused-ring (bicyclic) bond motifs is 3. The van der Waals surface area contributed by atoms with Crippen LogP contribution in [0.3, 0.4) is 0 Å². The van der Waals surface area contributed by atoms with E-state index >= 15 is 0 Å². The van der Waals surface area contributed by atoms with Crippen molar-refractivity contribution in [1.29, 1.82) is 0 Å². The van der Waals surface area contributed by atoms with Crippen molar-refractivity contribution in [2.45, 2.75) is 37.6 Å². The Balaban J connectivity index is 1.95. The molecule has 100 valence electrons. The third kappa shape index (κ3) is 2.13. The van der Waals surface area contributed by atoms with E-state index in [4.69, 9.17) is 11.2 Å². The Bertz CT molecular complexity index is 502. The van der Waals surface area contributed by atoms with Crippen molar-refractivity contribution in [3.05, 3.63) is 29.3 Å². The lowest BCUT2D eigenvalue weighted by Crippen LogP contribution is -2.46. The second kappa shape index (κ2) is 5.27. The normalized spacial score (nSPS) is 26.1. The molecule has 1 aliphatic carbocycles. The Labute approximate surface area is 115 Å². The van der Waals surface area contributed by atoms with Crippen LogP contribution in [0, 0.1) is 12.3 Å². The Hall–Kier alpha value is -1.46. The maximum absolute atomic E-state index is 5.52. The van der Waals surface area contributed by atoms with Gasteiger partial charge in [0, 0.05) is 6.04 Å². The van der Waals surface area contributed by atoms with E-state index in [9.17, 15) is 0 Å². The minimum atomic E-state index is 0.629. The first-order valence-electron chi connectivity index (χ1n) is 7.18. The maximum atomic E-state index is 5.52. The average Bonchev–Trinajstić information content (AvgIpc) is 2.47. The van der Waals surface area contributed by atoms with Crippen LogP contribution >= 0.6 is 0 Å². The van der Waals surface area contributed by atoms with Crippen LogP contribution in [0.25, 0.3) is 0 Å². The standard InChI is InChI=1S/C17H21NO/c1-3-11-18-12-5-7-14-13-6-4-8-17(19-2)15(13)9-10-16(14)18/h1,4,6,8,14,16H,5,7,9-12H2,2H3/t14-,16-/m1/s1. The summed E-state index contributed by atoms with van der Waals surface area (Å²) >= 11 is 0. The molecule has 0 aromatic heterocycles. The predicted molar refractivity (Wildman–Crippen MR) is 77.5 cm³/mol. The average molecular weight is 255 g/mol. The molecular weight excluding hydrogens is 234 g/mol. The van der Waals surface area contributed by atoms with Crippen molar-refractivity contribution in [2.75, 3.05) is 20.2 Å². The van der Waals surface area contributed by atoms with E-state index in [1.165, 1.54) is 30.4 Å². The van der Waals surface area contributed by atoms with E-state index < -0.39 is 0 Å². The lowest BCUT2D eigenvalue weighted by atomic mass is 9.74. The summed E-state index contributed by atoms with van der Waals surface area (Å²) in [6.45, 7) is 1.95. The second-order valence-corrected chi connectivity index (χ2v) is 5.56. The molecule has 0 saturated carbocycles. The summed E-state index contributed by atoms with van der Waals surface area (Å²) in [5.41, 5.74) is 2.92. The molecule has 19 heavy (non-hydrogen) atoms. The van der Waals surface area contributed by atoms with Crippen molar-refractivity contribution in [3.63, 3.8) is 0 Å². The molecule has 1 aliphatic heterocycles.